The van der Waals surface area contributed by atoms with E-state index in [4.69, 9.17) is 4.74 Å². The summed E-state index contributed by atoms with van der Waals surface area (Å²) in [5, 5.41) is 18.7. The Bertz CT molecular complexity index is 859. The second-order valence-electron chi connectivity index (χ2n) is 10.5. The van der Waals surface area contributed by atoms with Gasteiger partial charge in [-0.15, -0.1) is 0 Å². The van der Waals surface area contributed by atoms with Gasteiger partial charge in [0.05, 0.1) is 5.60 Å². The highest BCUT2D eigenvalue weighted by Crippen LogP contribution is 2.41. The third-order valence-corrected chi connectivity index (χ3v) is 7.84. The number of rotatable bonds is 13. The fraction of sp³-hybridized carbons (Fsp3) is 0.633. The van der Waals surface area contributed by atoms with Crippen molar-refractivity contribution in [2.24, 2.45) is 11.8 Å². The van der Waals surface area contributed by atoms with Gasteiger partial charge in [0.25, 0.3) is 5.91 Å². The Morgan fingerprint density at radius 2 is 1.97 bits per heavy atom. The minimum Gasteiger partial charge on any atom is -0.385 e. The molecule has 1 aromatic carbocycles. The number of methoxy groups -OCH3 is 1. The summed E-state index contributed by atoms with van der Waals surface area (Å²) in [5.41, 5.74) is 1.67. The van der Waals surface area contributed by atoms with E-state index in [-0.39, 0.29) is 17.9 Å². The van der Waals surface area contributed by atoms with Gasteiger partial charge < -0.3 is 20.5 Å². The number of unbranched alkanes of at least 4 members (excludes halogenated alkanes) is 1. The number of hydrogen-bond donors (Lipinski definition) is 3. The lowest BCUT2D eigenvalue weighted by atomic mass is 9.72. The molecule has 2 aliphatic rings. The molecular weight excluding hydrogens is 436 g/mol. The van der Waals surface area contributed by atoms with Crippen LogP contribution in [0.25, 0.3) is 0 Å². The molecular formula is C30H46N2O3. The van der Waals surface area contributed by atoms with Crippen LogP contribution < -0.4 is 10.6 Å². The molecule has 5 heteroatoms. The number of benzene rings is 1. The number of aliphatic hydroxyl groups is 1. The molecule has 0 aromatic heterocycles. The molecule has 0 radical (unpaired) electrons. The zero-order valence-electron chi connectivity index (χ0n) is 22.0. The van der Waals surface area contributed by atoms with Crippen molar-refractivity contribution >= 4 is 5.91 Å². The fourth-order valence-electron chi connectivity index (χ4n) is 5.92. The van der Waals surface area contributed by atoms with Crippen molar-refractivity contribution in [1.82, 2.24) is 10.6 Å². The standard InChI is InChI=1S/C30H46N2O3/c1-23-12-7-8-17-28(23)30(34,18-9-10-19-35-3)26-16-11-15-25(21-26)29(33)32-27(22-31-2)20-24-13-5-4-6-14-24/h7-8,11-12,15,17,21,24,26-27,31,34H,4-6,9-10,13-14,16,18-20,22H2,1-3H3,(H,32,33)/t26?,27-,30-/m0/s1. The lowest BCUT2D eigenvalue weighted by Crippen LogP contribution is -2.43. The van der Waals surface area contributed by atoms with Gasteiger partial charge >= 0.3 is 0 Å². The van der Waals surface area contributed by atoms with Gasteiger partial charge in [-0.25, -0.2) is 0 Å². The van der Waals surface area contributed by atoms with Gasteiger partial charge in [0.2, 0.25) is 0 Å². The summed E-state index contributed by atoms with van der Waals surface area (Å²) in [4.78, 5) is 13.3. The Hall–Kier alpha value is -1.95. The molecule has 3 atom stereocenters. The molecule has 0 saturated heterocycles. The number of aryl methyl sites for hydroxylation is 1. The second kappa shape index (κ2) is 14.0. The number of amides is 1. The van der Waals surface area contributed by atoms with E-state index in [0.717, 1.165) is 36.9 Å². The average molecular weight is 483 g/mol. The largest absolute Gasteiger partial charge is 0.385 e. The maximum atomic E-state index is 13.3. The topological polar surface area (TPSA) is 70.6 Å². The maximum Gasteiger partial charge on any atom is 0.251 e. The van der Waals surface area contributed by atoms with E-state index in [1.165, 1.54) is 32.1 Å². The molecule has 0 heterocycles. The summed E-state index contributed by atoms with van der Waals surface area (Å²) in [7, 11) is 3.66. The molecule has 1 unspecified atom stereocenters. The van der Waals surface area contributed by atoms with Gasteiger partial charge in [-0.3, -0.25) is 4.79 Å². The van der Waals surface area contributed by atoms with Crippen molar-refractivity contribution in [2.45, 2.75) is 82.8 Å². The highest BCUT2D eigenvalue weighted by atomic mass is 16.5. The maximum absolute atomic E-state index is 13.3. The third kappa shape index (κ3) is 7.77. The quantitative estimate of drug-likeness (QED) is 0.339. The first-order valence-corrected chi connectivity index (χ1v) is 13.6. The first-order chi connectivity index (χ1) is 17.0. The Morgan fingerprint density at radius 3 is 2.69 bits per heavy atom. The first-order valence-electron chi connectivity index (χ1n) is 13.6. The smallest absolute Gasteiger partial charge is 0.251 e. The summed E-state index contributed by atoms with van der Waals surface area (Å²) in [6, 6.07) is 8.21. The van der Waals surface area contributed by atoms with Crippen LogP contribution in [-0.2, 0) is 15.1 Å². The molecule has 0 bridgehead atoms. The molecule has 1 amide bonds. The minimum absolute atomic E-state index is 0.0338. The van der Waals surface area contributed by atoms with Crippen LogP contribution >= 0.6 is 0 Å². The SMILES string of the molecule is CNC[C@H](CC1CCCCC1)NC(=O)C1=CC([C@@](O)(CCCCOC)c2ccccc2C)CC=C1. The van der Waals surface area contributed by atoms with Crippen LogP contribution in [0.5, 0.6) is 0 Å². The molecule has 194 valence electrons. The van der Waals surface area contributed by atoms with Crippen LogP contribution in [-0.4, -0.2) is 44.4 Å². The van der Waals surface area contributed by atoms with Crippen LogP contribution in [0, 0.1) is 18.8 Å². The minimum atomic E-state index is -1.03. The van der Waals surface area contributed by atoms with Crippen LogP contribution in [0.1, 0.15) is 75.3 Å². The molecule has 3 N–H and O–H groups in total. The number of ether oxygens (including phenoxy) is 1. The summed E-state index contributed by atoms with van der Waals surface area (Å²) in [6.45, 7) is 3.51. The molecule has 1 aromatic rings. The second-order valence-corrected chi connectivity index (χ2v) is 10.5. The number of nitrogens with one attached hydrogen (secondary N) is 2. The monoisotopic (exact) mass is 482 g/mol. The molecule has 0 aliphatic heterocycles. The first kappa shape index (κ1) is 27.6. The van der Waals surface area contributed by atoms with Gasteiger partial charge in [-0.2, -0.15) is 0 Å². The molecule has 1 fully saturated rings. The highest BCUT2D eigenvalue weighted by molar-refractivity contribution is 5.96. The Morgan fingerprint density at radius 1 is 1.20 bits per heavy atom. The van der Waals surface area contributed by atoms with E-state index in [1.807, 2.05) is 43.5 Å². The van der Waals surface area contributed by atoms with Crippen molar-refractivity contribution in [1.29, 1.82) is 0 Å². The van der Waals surface area contributed by atoms with Crippen molar-refractivity contribution in [3.8, 4) is 0 Å². The number of likely N-dealkylation sites (N-methyl/N-ethyl adjacent to an activating group) is 1. The van der Waals surface area contributed by atoms with Crippen molar-refractivity contribution in [3.05, 3.63) is 59.2 Å². The van der Waals surface area contributed by atoms with Gasteiger partial charge in [0.15, 0.2) is 0 Å². The van der Waals surface area contributed by atoms with E-state index in [1.54, 1.807) is 7.11 Å². The zero-order valence-corrected chi connectivity index (χ0v) is 22.0. The predicted molar refractivity (Wildman–Crippen MR) is 143 cm³/mol. The number of carbonyl (C=O) groups is 1. The van der Waals surface area contributed by atoms with Crippen LogP contribution in [0.3, 0.4) is 0 Å². The van der Waals surface area contributed by atoms with Crippen molar-refractivity contribution in [2.75, 3.05) is 27.3 Å². The summed E-state index contributed by atoms with van der Waals surface area (Å²) in [6.07, 6.45) is 16.6. The molecule has 2 aliphatic carbocycles. The number of allylic oxidation sites excluding steroid dienone is 1. The number of carbonyl (C=O) groups excluding carboxylic acids is 1. The summed E-state index contributed by atoms with van der Waals surface area (Å²) in [5.74, 6) is 0.510. The van der Waals surface area contributed by atoms with Crippen LogP contribution in [0.4, 0.5) is 0 Å². The molecule has 5 nitrogen and oxygen atoms in total. The summed E-state index contributed by atoms with van der Waals surface area (Å²) < 4.78 is 5.23. The molecule has 1 saturated carbocycles. The third-order valence-electron chi connectivity index (χ3n) is 7.84. The number of hydrogen-bond acceptors (Lipinski definition) is 4. The molecule has 3 rings (SSSR count). The summed E-state index contributed by atoms with van der Waals surface area (Å²) >= 11 is 0. The predicted octanol–water partition coefficient (Wildman–Crippen LogP) is 5.18. The van der Waals surface area contributed by atoms with Gasteiger partial charge in [-0.05, 0) is 63.1 Å². The normalized spacial score (nSPS) is 21.3. The van der Waals surface area contributed by atoms with E-state index in [0.29, 0.717) is 30.9 Å². The Kier molecular flexibility index (Phi) is 11.0. The van der Waals surface area contributed by atoms with Crippen molar-refractivity contribution < 1.29 is 14.6 Å². The van der Waals surface area contributed by atoms with Crippen molar-refractivity contribution in [3.63, 3.8) is 0 Å². The zero-order chi connectivity index (χ0) is 25.1. The Balaban J connectivity index is 1.76. The fourth-order valence-corrected chi connectivity index (χ4v) is 5.92. The highest BCUT2D eigenvalue weighted by Gasteiger charge is 2.38. The van der Waals surface area contributed by atoms with Crippen LogP contribution in [0.2, 0.25) is 0 Å². The molecule has 35 heavy (non-hydrogen) atoms. The Labute approximate surface area is 212 Å². The van der Waals surface area contributed by atoms with Crippen LogP contribution in [0.15, 0.2) is 48.1 Å². The lowest BCUT2D eigenvalue weighted by Gasteiger charge is -2.37. The van der Waals surface area contributed by atoms with Gasteiger partial charge in [0.1, 0.15) is 0 Å². The van der Waals surface area contributed by atoms with E-state index >= 15 is 0 Å². The van der Waals surface area contributed by atoms with E-state index in [9.17, 15) is 9.90 Å². The van der Waals surface area contributed by atoms with Gasteiger partial charge in [0, 0.05) is 37.8 Å². The molecule has 0 spiro atoms. The van der Waals surface area contributed by atoms with E-state index < -0.39 is 5.60 Å². The van der Waals surface area contributed by atoms with Gasteiger partial charge in [-0.1, -0.05) is 74.6 Å². The lowest BCUT2D eigenvalue weighted by molar-refractivity contribution is -0.118. The van der Waals surface area contributed by atoms with E-state index in [2.05, 4.69) is 23.6 Å². The average Bonchev–Trinajstić information content (AvgIpc) is 2.87.